The van der Waals surface area contributed by atoms with E-state index in [9.17, 15) is 14.7 Å². The van der Waals surface area contributed by atoms with E-state index in [-0.39, 0.29) is 11.4 Å². The van der Waals surface area contributed by atoms with E-state index in [1.807, 2.05) is 35.9 Å². The maximum atomic E-state index is 13.5. The van der Waals surface area contributed by atoms with Crippen molar-refractivity contribution in [2.24, 2.45) is 0 Å². The number of imidazole rings is 1. The van der Waals surface area contributed by atoms with E-state index in [2.05, 4.69) is 9.97 Å². The molecule has 32 heavy (non-hydrogen) atoms. The van der Waals surface area contributed by atoms with Crippen LogP contribution >= 0.6 is 11.3 Å². The van der Waals surface area contributed by atoms with Gasteiger partial charge < -0.3 is 19.3 Å². The highest BCUT2D eigenvalue weighted by atomic mass is 32.1. The van der Waals surface area contributed by atoms with E-state index in [0.717, 1.165) is 5.01 Å². The summed E-state index contributed by atoms with van der Waals surface area (Å²) in [5.41, 5.74) is 1.30. The number of aryl methyl sites for hydroxylation is 3. The number of amides is 1. The fourth-order valence-electron chi connectivity index (χ4n) is 4.04. The first kappa shape index (κ1) is 21.8. The number of aliphatic hydroxyl groups excluding tert-OH is 1. The number of rotatable bonds is 8. The molecule has 0 spiro atoms. The molecule has 0 fully saturated rings. The number of aliphatic hydroxyl groups is 1. The maximum Gasteiger partial charge on any atom is 0.290 e. The highest BCUT2D eigenvalue weighted by Crippen LogP contribution is 2.43. The Balaban J connectivity index is 1.73. The van der Waals surface area contributed by atoms with Crippen molar-refractivity contribution in [3.63, 3.8) is 0 Å². The Bertz CT molecular complexity index is 1180. The maximum absolute atomic E-state index is 13.5. The predicted molar refractivity (Wildman–Crippen MR) is 120 cm³/mol. The van der Waals surface area contributed by atoms with Gasteiger partial charge in [-0.1, -0.05) is 18.2 Å². The van der Waals surface area contributed by atoms with Crippen molar-refractivity contribution in [2.75, 3.05) is 13.7 Å². The predicted octanol–water partition coefficient (Wildman–Crippen LogP) is 3.63. The number of carbonyl (C=O) groups is 2. The zero-order valence-electron chi connectivity index (χ0n) is 18.1. The molecular formula is C23H24N4O4S. The zero-order chi connectivity index (χ0) is 22.8. The van der Waals surface area contributed by atoms with Crippen LogP contribution < -0.4 is 4.74 Å². The third-order valence-electron chi connectivity index (χ3n) is 5.47. The number of hydrogen-bond acceptors (Lipinski definition) is 7. The van der Waals surface area contributed by atoms with Crippen molar-refractivity contribution in [2.45, 2.75) is 32.9 Å². The number of hydrogen-bond donors (Lipinski definition) is 1. The number of ether oxygens (including phenoxy) is 1. The summed E-state index contributed by atoms with van der Waals surface area (Å²) >= 11 is 1.26. The summed E-state index contributed by atoms with van der Waals surface area (Å²) in [4.78, 5) is 37.0. The van der Waals surface area contributed by atoms with Crippen LogP contribution in [0.25, 0.3) is 0 Å². The summed E-state index contributed by atoms with van der Waals surface area (Å²) in [6.45, 7) is 4.58. The highest BCUT2D eigenvalue weighted by Gasteiger charge is 2.45. The molecule has 4 rings (SSSR count). The third-order valence-corrected chi connectivity index (χ3v) is 6.54. The molecule has 1 atom stereocenters. The van der Waals surface area contributed by atoms with E-state index in [1.54, 1.807) is 37.5 Å². The van der Waals surface area contributed by atoms with Crippen LogP contribution in [0.1, 0.15) is 38.4 Å². The smallest absolute Gasteiger partial charge is 0.290 e. The van der Waals surface area contributed by atoms with Crippen LogP contribution in [-0.2, 0) is 11.3 Å². The van der Waals surface area contributed by atoms with E-state index >= 15 is 0 Å². The molecule has 0 saturated heterocycles. The standard InChI is InChI=1S/C23H24N4O4S/c1-14-22(32-15(2)25-14)20(28)18-19(16-7-4-5-8-17(16)31-3)27(23(30)21(18)29)11-6-10-26-12-9-24-13-26/h4-5,7-9,12-13,19,29H,6,10-11H2,1-3H3. The number of nitrogens with zero attached hydrogens (tertiary/aromatic N) is 4. The molecule has 1 unspecified atom stereocenters. The van der Waals surface area contributed by atoms with Gasteiger partial charge in [-0.25, -0.2) is 9.97 Å². The van der Waals surface area contributed by atoms with Gasteiger partial charge in [-0.05, 0) is 26.3 Å². The first-order valence-electron chi connectivity index (χ1n) is 10.2. The lowest BCUT2D eigenvalue weighted by Gasteiger charge is -2.28. The number of carbonyl (C=O) groups excluding carboxylic acids is 2. The molecule has 1 aromatic carbocycles. The minimum Gasteiger partial charge on any atom is -0.503 e. The van der Waals surface area contributed by atoms with Crippen LogP contribution in [0, 0.1) is 13.8 Å². The van der Waals surface area contributed by atoms with E-state index < -0.39 is 17.7 Å². The van der Waals surface area contributed by atoms with E-state index in [1.165, 1.54) is 11.3 Å². The zero-order valence-corrected chi connectivity index (χ0v) is 18.9. The molecule has 9 heteroatoms. The van der Waals surface area contributed by atoms with Crippen LogP contribution in [0.15, 0.2) is 54.3 Å². The quantitative estimate of drug-likeness (QED) is 0.524. The minimum absolute atomic E-state index is 0.0638. The fraction of sp³-hybridized carbons (Fsp3) is 0.304. The Labute approximate surface area is 189 Å². The van der Waals surface area contributed by atoms with Gasteiger partial charge in [-0.3, -0.25) is 9.59 Å². The summed E-state index contributed by atoms with van der Waals surface area (Å²) in [7, 11) is 1.54. The van der Waals surface area contributed by atoms with Gasteiger partial charge in [-0.2, -0.15) is 0 Å². The molecule has 166 valence electrons. The molecule has 1 amide bonds. The molecule has 3 aromatic rings. The number of Topliss-reactive ketones (excluding diaryl/α,β-unsaturated/α-hetero) is 1. The van der Waals surface area contributed by atoms with Crippen LogP contribution in [0.5, 0.6) is 5.75 Å². The fourth-order valence-corrected chi connectivity index (χ4v) is 4.91. The van der Waals surface area contributed by atoms with Crippen LogP contribution in [0.4, 0.5) is 0 Å². The normalized spacial score (nSPS) is 16.2. The Morgan fingerprint density at radius 1 is 1.25 bits per heavy atom. The number of methoxy groups -OCH3 is 1. The highest BCUT2D eigenvalue weighted by molar-refractivity contribution is 7.14. The SMILES string of the molecule is COc1ccccc1C1C(C(=O)c2sc(C)nc2C)=C(O)C(=O)N1CCCn1ccnc1. The van der Waals surface area contributed by atoms with E-state index in [4.69, 9.17) is 4.74 Å². The van der Waals surface area contributed by atoms with Gasteiger partial charge in [0.15, 0.2) is 5.76 Å². The Morgan fingerprint density at radius 3 is 2.69 bits per heavy atom. The summed E-state index contributed by atoms with van der Waals surface area (Å²) < 4.78 is 7.44. The lowest BCUT2D eigenvalue weighted by molar-refractivity contribution is -0.129. The Hall–Kier alpha value is -3.46. The molecule has 1 N–H and O–H groups in total. The molecule has 0 saturated carbocycles. The van der Waals surface area contributed by atoms with Gasteiger partial charge in [-0.15, -0.1) is 11.3 Å². The summed E-state index contributed by atoms with van der Waals surface area (Å²) in [5, 5.41) is 11.6. The Kier molecular flexibility index (Phi) is 6.09. The van der Waals surface area contributed by atoms with E-state index in [0.29, 0.717) is 41.4 Å². The summed E-state index contributed by atoms with van der Waals surface area (Å²) in [6.07, 6.45) is 5.88. The molecule has 1 aliphatic heterocycles. The van der Waals surface area contributed by atoms with Gasteiger partial charge in [0, 0.05) is 31.0 Å². The van der Waals surface area contributed by atoms with Crippen molar-refractivity contribution < 1.29 is 19.4 Å². The number of benzene rings is 1. The van der Waals surface area contributed by atoms with Crippen molar-refractivity contribution >= 4 is 23.0 Å². The van der Waals surface area contributed by atoms with Crippen LogP contribution in [-0.4, -0.2) is 49.9 Å². The van der Waals surface area contributed by atoms with Crippen LogP contribution in [0.2, 0.25) is 0 Å². The molecule has 0 radical (unpaired) electrons. The van der Waals surface area contributed by atoms with Crippen molar-refractivity contribution in [3.05, 3.63) is 75.5 Å². The lowest BCUT2D eigenvalue weighted by atomic mass is 9.94. The molecule has 3 heterocycles. The number of para-hydroxylation sites is 1. The Morgan fingerprint density at radius 2 is 2.03 bits per heavy atom. The average molecular weight is 453 g/mol. The second-order valence-corrected chi connectivity index (χ2v) is 8.74. The minimum atomic E-state index is -0.754. The van der Waals surface area contributed by atoms with Gasteiger partial charge in [0.2, 0.25) is 5.78 Å². The number of ketones is 1. The van der Waals surface area contributed by atoms with Gasteiger partial charge in [0.25, 0.3) is 5.91 Å². The average Bonchev–Trinajstić information content (AvgIpc) is 3.48. The topological polar surface area (TPSA) is 97.5 Å². The van der Waals surface area contributed by atoms with Gasteiger partial charge in [0.05, 0.1) is 40.6 Å². The first-order valence-corrected chi connectivity index (χ1v) is 11.1. The van der Waals surface area contributed by atoms with Gasteiger partial charge >= 0.3 is 0 Å². The first-order chi connectivity index (χ1) is 15.4. The summed E-state index contributed by atoms with van der Waals surface area (Å²) in [5.74, 6) is -0.915. The van der Waals surface area contributed by atoms with Gasteiger partial charge in [0.1, 0.15) is 5.75 Å². The third kappa shape index (κ3) is 3.91. The summed E-state index contributed by atoms with van der Waals surface area (Å²) in [6, 6.07) is 6.49. The monoisotopic (exact) mass is 452 g/mol. The number of thiazole rings is 1. The van der Waals surface area contributed by atoms with Crippen molar-refractivity contribution in [1.82, 2.24) is 19.4 Å². The molecule has 0 aliphatic carbocycles. The molecule has 0 bridgehead atoms. The second kappa shape index (κ2) is 8.96. The van der Waals surface area contributed by atoms with Crippen molar-refractivity contribution in [3.8, 4) is 5.75 Å². The lowest BCUT2D eigenvalue weighted by Crippen LogP contribution is -2.32. The molecule has 8 nitrogen and oxygen atoms in total. The van der Waals surface area contributed by atoms with Crippen molar-refractivity contribution in [1.29, 1.82) is 0 Å². The molecule has 2 aromatic heterocycles. The number of aromatic nitrogens is 3. The second-order valence-electron chi connectivity index (χ2n) is 7.54. The van der Waals surface area contributed by atoms with Crippen LogP contribution in [0.3, 0.4) is 0 Å². The molecular weight excluding hydrogens is 428 g/mol. The largest absolute Gasteiger partial charge is 0.503 e. The molecule has 1 aliphatic rings.